The Kier molecular flexibility index (Phi) is 5.47. The second-order valence-electron chi connectivity index (χ2n) is 6.52. The Bertz CT molecular complexity index is 396. The molecule has 1 N–H and O–H groups in total. The number of hydrogen-bond acceptors (Lipinski definition) is 2. The summed E-state index contributed by atoms with van der Waals surface area (Å²) in [7, 11) is 0. The molecule has 1 fully saturated rings. The molecule has 1 aromatic rings. The van der Waals surface area contributed by atoms with E-state index in [9.17, 15) is 0 Å². The molecule has 1 aliphatic rings. The molecule has 0 amide bonds. The minimum Gasteiger partial charge on any atom is -0.371 e. The van der Waals surface area contributed by atoms with Crippen LogP contribution in [0.4, 0.5) is 5.69 Å². The van der Waals surface area contributed by atoms with Gasteiger partial charge in [0.1, 0.15) is 0 Å². The minimum absolute atomic E-state index is 0.618. The van der Waals surface area contributed by atoms with Gasteiger partial charge in [-0.1, -0.05) is 39.8 Å². The predicted octanol–water partition coefficient (Wildman–Crippen LogP) is 4.02. The Labute approximate surface area is 124 Å². The fourth-order valence-corrected chi connectivity index (χ4v) is 3.08. The van der Waals surface area contributed by atoms with E-state index in [1.54, 1.807) is 0 Å². The molecule has 1 aromatic carbocycles. The third-order valence-electron chi connectivity index (χ3n) is 4.49. The van der Waals surface area contributed by atoms with Gasteiger partial charge in [-0.2, -0.15) is 0 Å². The van der Waals surface area contributed by atoms with Gasteiger partial charge in [-0.3, -0.25) is 0 Å². The molecule has 1 heterocycles. The Morgan fingerprint density at radius 2 is 1.95 bits per heavy atom. The van der Waals surface area contributed by atoms with Crippen LogP contribution in [0.25, 0.3) is 0 Å². The molecule has 2 unspecified atom stereocenters. The van der Waals surface area contributed by atoms with E-state index in [1.807, 2.05) is 0 Å². The summed E-state index contributed by atoms with van der Waals surface area (Å²) in [5.74, 6) is 1.34. The molecule has 20 heavy (non-hydrogen) atoms. The summed E-state index contributed by atoms with van der Waals surface area (Å²) in [6, 6.07) is 9.85. The highest BCUT2D eigenvalue weighted by Crippen LogP contribution is 2.25. The van der Waals surface area contributed by atoms with Crippen molar-refractivity contribution in [3.63, 3.8) is 0 Å². The molecule has 112 valence electrons. The number of benzene rings is 1. The van der Waals surface area contributed by atoms with Gasteiger partial charge in [0.2, 0.25) is 0 Å². The summed E-state index contributed by atoms with van der Waals surface area (Å²) >= 11 is 0. The van der Waals surface area contributed by atoms with Crippen molar-refractivity contribution in [1.29, 1.82) is 0 Å². The molecule has 2 atom stereocenters. The van der Waals surface area contributed by atoms with Crippen molar-refractivity contribution in [3.05, 3.63) is 29.8 Å². The Hall–Kier alpha value is -1.02. The van der Waals surface area contributed by atoms with Crippen LogP contribution in [0.3, 0.4) is 0 Å². The molecule has 0 radical (unpaired) electrons. The van der Waals surface area contributed by atoms with E-state index < -0.39 is 0 Å². The van der Waals surface area contributed by atoms with E-state index in [4.69, 9.17) is 0 Å². The van der Waals surface area contributed by atoms with Crippen LogP contribution < -0.4 is 10.2 Å². The Morgan fingerprint density at radius 3 is 2.50 bits per heavy atom. The molecule has 2 rings (SSSR count). The highest BCUT2D eigenvalue weighted by Gasteiger charge is 2.25. The van der Waals surface area contributed by atoms with Crippen molar-refractivity contribution in [3.8, 4) is 0 Å². The fraction of sp³-hybridized carbons (Fsp3) is 0.667. The van der Waals surface area contributed by atoms with Gasteiger partial charge in [0.25, 0.3) is 0 Å². The van der Waals surface area contributed by atoms with E-state index in [1.165, 1.54) is 37.2 Å². The van der Waals surface area contributed by atoms with Gasteiger partial charge < -0.3 is 10.2 Å². The topological polar surface area (TPSA) is 15.3 Å². The molecule has 1 aliphatic heterocycles. The van der Waals surface area contributed by atoms with E-state index in [0.29, 0.717) is 12.0 Å². The molecule has 1 saturated heterocycles. The van der Waals surface area contributed by atoms with Gasteiger partial charge in [-0.15, -0.1) is 0 Å². The van der Waals surface area contributed by atoms with Crippen LogP contribution in [0.15, 0.2) is 24.3 Å². The van der Waals surface area contributed by atoms with Gasteiger partial charge in [0, 0.05) is 24.8 Å². The van der Waals surface area contributed by atoms with Crippen LogP contribution in [-0.4, -0.2) is 25.7 Å². The molecule has 0 aliphatic carbocycles. The lowest BCUT2D eigenvalue weighted by Crippen LogP contribution is -2.48. The third kappa shape index (κ3) is 3.76. The first kappa shape index (κ1) is 15.4. The SMILES string of the molecule is CCCNC1CCN(c2ccc(C(C)C)cc2)CC1C. The smallest absolute Gasteiger partial charge is 0.0366 e. The van der Waals surface area contributed by atoms with Crippen molar-refractivity contribution in [2.75, 3.05) is 24.5 Å². The maximum atomic E-state index is 3.69. The summed E-state index contributed by atoms with van der Waals surface area (Å²) in [6.45, 7) is 12.6. The van der Waals surface area contributed by atoms with Crippen LogP contribution in [-0.2, 0) is 0 Å². The van der Waals surface area contributed by atoms with Crippen LogP contribution in [0.1, 0.15) is 52.0 Å². The number of hydrogen-bond donors (Lipinski definition) is 1. The number of nitrogens with one attached hydrogen (secondary N) is 1. The Balaban J connectivity index is 1.94. The van der Waals surface area contributed by atoms with Crippen molar-refractivity contribution >= 4 is 5.69 Å². The van der Waals surface area contributed by atoms with Crippen molar-refractivity contribution in [2.24, 2.45) is 5.92 Å². The molecule has 0 aromatic heterocycles. The number of piperidine rings is 1. The zero-order chi connectivity index (χ0) is 14.5. The standard InChI is InChI=1S/C18H30N2/c1-5-11-19-18-10-12-20(13-15(18)4)17-8-6-16(7-9-17)14(2)3/h6-9,14-15,18-19H,5,10-13H2,1-4H3. The molecule has 2 heteroatoms. The second-order valence-corrected chi connectivity index (χ2v) is 6.52. The number of rotatable bonds is 5. The van der Waals surface area contributed by atoms with E-state index >= 15 is 0 Å². The lowest BCUT2D eigenvalue weighted by Gasteiger charge is -2.39. The number of nitrogens with zero attached hydrogens (tertiary/aromatic N) is 1. The van der Waals surface area contributed by atoms with Gasteiger partial charge >= 0.3 is 0 Å². The number of anilines is 1. The average molecular weight is 274 g/mol. The lowest BCUT2D eigenvalue weighted by atomic mass is 9.93. The first-order valence-electron chi connectivity index (χ1n) is 8.20. The molecule has 0 saturated carbocycles. The maximum absolute atomic E-state index is 3.69. The van der Waals surface area contributed by atoms with E-state index in [-0.39, 0.29) is 0 Å². The summed E-state index contributed by atoms with van der Waals surface area (Å²) in [6.07, 6.45) is 2.48. The second kappa shape index (κ2) is 7.12. The molecular weight excluding hydrogens is 244 g/mol. The van der Waals surface area contributed by atoms with Crippen LogP contribution in [0.5, 0.6) is 0 Å². The van der Waals surface area contributed by atoms with Crippen LogP contribution >= 0.6 is 0 Å². The average Bonchev–Trinajstić information content (AvgIpc) is 2.46. The first-order valence-corrected chi connectivity index (χ1v) is 8.20. The van der Waals surface area contributed by atoms with Crippen molar-refractivity contribution < 1.29 is 0 Å². The zero-order valence-electron chi connectivity index (χ0n) is 13.5. The fourth-order valence-electron chi connectivity index (χ4n) is 3.08. The Morgan fingerprint density at radius 1 is 1.25 bits per heavy atom. The van der Waals surface area contributed by atoms with E-state index in [0.717, 1.165) is 12.5 Å². The van der Waals surface area contributed by atoms with E-state index in [2.05, 4.69) is 62.2 Å². The monoisotopic (exact) mass is 274 g/mol. The molecule has 2 nitrogen and oxygen atoms in total. The normalized spacial score (nSPS) is 23.4. The molecule has 0 spiro atoms. The van der Waals surface area contributed by atoms with Gasteiger partial charge in [-0.25, -0.2) is 0 Å². The largest absolute Gasteiger partial charge is 0.371 e. The van der Waals surface area contributed by atoms with Crippen molar-refractivity contribution in [1.82, 2.24) is 5.32 Å². The van der Waals surface area contributed by atoms with Crippen molar-refractivity contribution in [2.45, 2.75) is 52.5 Å². The van der Waals surface area contributed by atoms with Crippen LogP contribution in [0, 0.1) is 5.92 Å². The summed E-state index contributed by atoms with van der Waals surface area (Å²) in [4.78, 5) is 2.54. The maximum Gasteiger partial charge on any atom is 0.0366 e. The first-order chi connectivity index (χ1) is 9.61. The highest BCUT2D eigenvalue weighted by atomic mass is 15.2. The van der Waals surface area contributed by atoms with Gasteiger partial charge in [0.15, 0.2) is 0 Å². The molecular formula is C18H30N2. The summed E-state index contributed by atoms with van der Waals surface area (Å²) < 4.78 is 0. The summed E-state index contributed by atoms with van der Waals surface area (Å²) in [5.41, 5.74) is 2.82. The molecule has 0 bridgehead atoms. The minimum atomic E-state index is 0.618. The lowest BCUT2D eigenvalue weighted by molar-refractivity contribution is 0.322. The van der Waals surface area contributed by atoms with Crippen LogP contribution in [0.2, 0.25) is 0 Å². The van der Waals surface area contributed by atoms with Gasteiger partial charge in [-0.05, 0) is 48.9 Å². The summed E-state index contributed by atoms with van der Waals surface area (Å²) in [5, 5.41) is 3.69. The predicted molar refractivity (Wildman–Crippen MR) is 88.6 cm³/mol. The highest BCUT2D eigenvalue weighted by molar-refractivity contribution is 5.48. The zero-order valence-corrected chi connectivity index (χ0v) is 13.5. The quantitative estimate of drug-likeness (QED) is 0.872. The van der Waals surface area contributed by atoms with Gasteiger partial charge in [0.05, 0.1) is 0 Å². The third-order valence-corrected chi connectivity index (χ3v) is 4.49.